The molecule has 4 rings (SSSR count). The van der Waals surface area contributed by atoms with E-state index in [4.69, 9.17) is 4.99 Å². The van der Waals surface area contributed by atoms with Crippen molar-refractivity contribution in [1.29, 1.82) is 0 Å². The van der Waals surface area contributed by atoms with E-state index in [1.165, 1.54) is 22.3 Å². The summed E-state index contributed by atoms with van der Waals surface area (Å²) in [6.45, 7) is 6.50. The number of nitrogens with zero attached hydrogens (tertiary/aromatic N) is 1. The van der Waals surface area contributed by atoms with Crippen LogP contribution in [-0.2, 0) is 18.4 Å². The molecular formula is C27H30N2O. The number of aliphatic imine (C=N–C) groups is 1. The summed E-state index contributed by atoms with van der Waals surface area (Å²) in [5, 5.41) is 0. The van der Waals surface area contributed by atoms with Gasteiger partial charge in [-0.3, -0.25) is 9.79 Å². The van der Waals surface area contributed by atoms with Gasteiger partial charge >= 0.3 is 0 Å². The summed E-state index contributed by atoms with van der Waals surface area (Å²) in [5.74, 6) is 0.293. The van der Waals surface area contributed by atoms with Gasteiger partial charge in [-0.2, -0.15) is 0 Å². The van der Waals surface area contributed by atoms with Crippen LogP contribution in [0, 0.1) is 5.92 Å². The van der Waals surface area contributed by atoms with Gasteiger partial charge in [0, 0.05) is 35.9 Å². The highest BCUT2D eigenvalue weighted by Crippen LogP contribution is 2.51. The van der Waals surface area contributed by atoms with Crippen molar-refractivity contribution in [2.45, 2.75) is 52.0 Å². The van der Waals surface area contributed by atoms with Gasteiger partial charge in [0.25, 0.3) is 0 Å². The Morgan fingerprint density at radius 1 is 1.27 bits per heavy atom. The molecule has 0 amide bonds. The zero-order chi connectivity index (χ0) is 21.1. The number of pyridine rings is 1. The van der Waals surface area contributed by atoms with Crippen LogP contribution in [0.5, 0.6) is 0 Å². The molecule has 1 heterocycles. The van der Waals surface area contributed by atoms with Gasteiger partial charge < -0.3 is 4.98 Å². The average molecular weight is 399 g/mol. The maximum absolute atomic E-state index is 11.9. The maximum Gasteiger partial charge on any atom is 0.248 e. The lowest BCUT2D eigenvalue weighted by Crippen LogP contribution is -2.40. The highest BCUT2D eigenvalue weighted by Gasteiger charge is 2.46. The van der Waals surface area contributed by atoms with Gasteiger partial charge in [0.1, 0.15) is 5.54 Å². The SMILES string of the molecule is C/C=C1\[C@H]2C=C(C)C[C@]1(N=CC=Cc1cccc(CCC)c1)c1ccc(=O)[nH]c1C2. The molecule has 3 nitrogen and oxygen atoms in total. The minimum Gasteiger partial charge on any atom is -0.326 e. The Morgan fingerprint density at radius 3 is 2.93 bits per heavy atom. The van der Waals surface area contributed by atoms with Crippen LogP contribution < -0.4 is 5.56 Å². The molecule has 1 aromatic heterocycles. The molecule has 0 saturated heterocycles. The average Bonchev–Trinajstić information content (AvgIpc) is 2.71. The van der Waals surface area contributed by atoms with Crippen molar-refractivity contribution < 1.29 is 0 Å². The lowest BCUT2D eigenvalue weighted by atomic mass is 9.63. The monoisotopic (exact) mass is 398 g/mol. The molecule has 0 radical (unpaired) electrons. The van der Waals surface area contributed by atoms with E-state index < -0.39 is 5.54 Å². The number of nitrogens with one attached hydrogen (secondary N) is 1. The summed E-state index contributed by atoms with van der Waals surface area (Å²) >= 11 is 0. The molecule has 1 N–H and O–H groups in total. The van der Waals surface area contributed by atoms with E-state index in [1.54, 1.807) is 6.07 Å². The third-order valence-corrected chi connectivity index (χ3v) is 6.24. The molecule has 0 spiro atoms. The van der Waals surface area contributed by atoms with Crippen molar-refractivity contribution >= 4 is 12.3 Å². The van der Waals surface area contributed by atoms with E-state index in [2.05, 4.69) is 68.2 Å². The van der Waals surface area contributed by atoms with Gasteiger partial charge in [-0.25, -0.2) is 0 Å². The van der Waals surface area contributed by atoms with Gasteiger partial charge in [-0.15, -0.1) is 0 Å². The van der Waals surface area contributed by atoms with E-state index in [0.717, 1.165) is 36.9 Å². The third-order valence-electron chi connectivity index (χ3n) is 6.24. The lowest BCUT2D eigenvalue weighted by Gasteiger charge is -2.45. The molecule has 1 aromatic carbocycles. The molecule has 30 heavy (non-hydrogen) atoms. The Hall–Kier alpha value is -2.94. The Labute approximate surface area is 179 Å². The number of H-pyrrole nitrogens is 1. The molecule has 0 saturated carbocycles. The van der Waals surface area contributed by atoms with Crippen LogP contribution in [0.3, 0.4) is 0 Å². The summed E-state index contributed by atoms with van der Waals surface area (Å²) < 4.78 is 0. The minimum absolute atomic E-state index is 0.0394. The molecule has 2 atom stereocenters. The van der Waals surface area contributed by atoms with E-state index in [9.17, 15) is 4.79 Å². The molecule has 0 unspecified atom stereocenters. The fraction of sp³-hybridized carbons (Fsp3) is 0.333. The standard InChI is InChI=1S/C27H30N2O/c1-4-8-20-9-6-10-21(16-20)11-7-14-28-27-18-19(3)15-22(23(27)5-2)17-25-24(27)12-13-26(30)29-25/h5-7,9-16,22H,4,8,17-18H2,1-3H3,(H,29,30)/b11-7?,23-5+,28-14?/t22-,27+/m0/s1. The second-order valence-corrected chi connectivity index (χ2v) is 8.45. The zero-order valence-corrected chi connectivity index (χ0v) is 18.1. The normalized spacial score (nSPS) is 24.4. The Balaban J connectivity index is 1.71. The minimum atomic E-state index is -0.426. The van der Waals surface area contributed by atoms with Crippen molar-refractivity contribution in [1.82, 2.24) is 4.98 Å². The largest absolute Gasteiger partial charge is 0.326 e. The van der Waals surface area contributed by atoms with Crippen LogP contribution in [0.2, 0.25) is 0 Å². The molecular weight excluding hydrogens is 368 g/mol. The third kappa shape index (κ3) is 3.77. The number of aryl methyl sites for hydroxylation is 1. The van der Waals surface area contributed by atoms with Crippen LogP contribution in [0.4, 0.5) is 0 Å². The van der Waals surface area contributed by atoms with Gasteiger partial charge in [0.2, 0.25) is 5.56 Å². The van der Waals surface area contributed by atoms with Crippen molar-refractivity contribution in [2.75, 3.05) is 0 Å². The summed E-state index contributed by atoms with van der Waals surface area (Å²) in [6, 6.07) is 12.3. The van der Waals surface area contributed by atoms with Gasteiger partial charge in [-0.1, -0.05) is 61.4 Å². The first-order chi connectivity index (χ1) is 14.6. The second kappa shape index (κ2) is 8.43. The van der Waals surface area contributed by atoms with Crippen LogP contribution in [0.1, 0.15) is 56.0 Å². The van der Waals surface area contributed by atoms with Crippen LogP contribution >= 0.6 is 0 Å². The lowest BCUT2D eigenvalue weighted by molar-refractivity contribution is 0.413. The number of benzene rings is 1. The first-order valence-corrected chi connectivity index (χ1v) is 10.9. The van der Waals surface area contributed by atoms with Crippen LogP contribution in [0.25, 0.3) is 6.08 Å². The molecule has 2 bridgehead atoms. The number of aromatic amines is 1. The van der Waals surface area contributed by atoms with Crippen molar-refractivity contribution in [2.24, 2.45) is 10.9 Å². The van der Waals surface area contributed by atoms with E-state index in [1.807, 2.05) is 18.4 Å². The van der Waals surface area contributed by atoms with E-state index in [-0.39, 0.29) is 5.56 Å². The molecule has 2 aliphatic rings. The van der Waals surface area contributed by atoms with Crippen molar-refractivity contribution in [3.8, 4) is 0 Å². The highest BCUT2D eigenvalue weighted by atomic mass is 16.1. The summed E-state index contributed by atoms with van der Waals surface area (Å²) in [4.78, 5) is 20.1. The molecule has 2 aliphatic carbocycles. The van der Waals surface area contributed by atoms with Crippen molar-refractivity contribution in [3.05, 3.63) is 98.5 Å². The number of fused-ring (bicyclic) bond motifs is 4. The highest BCUT2D eigenvalue weighted by molar-refractivity contribution is 5.79. The predicted octanol–water partition coefficient (Wildman–Crippen LogP) is 5.78. The summed E-state index contributed by atoms with van der Waals surface area (Å²) in [5.41, 5.74) is 6.95. The molecule has 3 heteroatoms. The fourth-order valence-electron chi connectivity index (χ4n) is 5.12. The second-order valence-electron chi connectivity index (χ2n) is 8.45. The Kier molecular flexibility index (Phi) is 5.72. The summed E-state index contributed by atoms with van der Waals surface area (Å²) in [7, 11) is 0. The predicted molar refractivity (Wildman–Crippen MR) is 126 cm³/mol. The van der Waals surface area contributed by atoms with Gasteiger partial charge in [-0.05, 0) is 55.5 Å². The summed E-state index contributed by atoms with van der Waals surface area (Å²) in [6.07, 6.45) is 14.6. The van der Waals surface area contributed by atoms with E-state index >= 15 is 0 Å². The molecule has 2 aromatic rings. The Bertz CT molecular complexity index is 1120. The molecule has 0 fully saturated rings. The number of aromatic nitrogens is 1. The van der Waals surface area contributed by atoms with Gasteiger partial charge in [0.05, 0.1) is 0 Å². The topological polar surface area (TPSA) is 45.2 Å². The number of allylic oxidation sites excluding steroid dienone is 3. The number of rotatable bonds is 5. The molecule has 154 valence electrons. The number of hydrogen-bond acceptors (Lipinski definition) is 2. The quantitative estimate of drug-likeness (QED) is 0.504. The van der Waals surface area contributed by atoms with Crippen molar-refractivity contribution in [3.63, 3.8) is 0 Å². The Morgan fingerprint density at radius 2 is 2.13 bits per heavy atom. The zero-order valence-electron chi connectivity index (χ0n) is 18.1. The number of hydrogen-bond donors (Lipinski definition) is 1. The van der Waals surface area contributed by atoms with Crippen LogP contribution in [0.15, 0.2) is 75.6 Å². The smallest absolute Gasteiger partial charge is 0.248 e. The maximum atomic E-state index is 11.9. The van der Waals surface area contributed by atoms with Gasteiger partial charge in [0.15, 0.2) is 0 Å². The van der Waals surface area contributed by atoms with E-state index in [0.29, 0.717) is 5.92 Å². The fourth-order valence-corrected chi connectivity index (χ4v) is 5.12. The first-order valence-electron chi connectivity index (χ1n) is 10.9. The first kappa shape index (κ1) is 20.3. The van der Waals surface area contributed by atoms with Crippen LogP contribution in [-0.4, -0.2) is 11.2 Å². The molecule has 0 aliphatic heterocycles.